The minimum absolute atomic E-state index is 0.00493. The number of benzene rings is 2. The zero-order valence-electron chi connectivity index (χ0n) is 19.1. The Balaban J connectivity index is 1.90. The summed E-state index contributed by atoms with van der Waals surface area (Å²) >= 11 is 0. The van der Waals surface area contributed by atoms with E-state index in [0.29, 0.717) is 11.3 Å². The van der Waals surface area contributed by atoms with Crippen molar-refractivity contribution in [3.8, 4) is 5.75 Å². The Morgan fingerprint density at radius 2 is 1.72 bits per heavy atom. The van der Waals surface area contributed by atoms with E-state index in [4.69, 9.17) is 4.74 Å². The van der Waals surface area contributed by atoms with E-state index in [1.54, 1.807) is 17.0 Å². The molecule has 0 bridgehead atoms. The highest BCUT2D eigenvalue weighted by Crippen LogP contribution is 2.44. The van der Waals surface area contributed by atoms with E-state index in [1.165, 1.54) is 7.11 Å². The van der Waals surface area contributed by atoms with Crippen molar-refractivity contribution in [2.75, 3.05) is 26.1 Å². The first kappa shape index (κ1) is 21.9. The van der Waals surface area contributed by atoms with Crippen LogP contribution in [-0.2, 0) is 9.59 Å². The van der Waals surface area contributed by atoms with Crippen molar-refractivity contribution in [2.45, 2.75) is 44.7 Å². The number of Topliss-reactive ketones (excluding diaryl/α,β-unsaturated/α-hetero) is 1. The average Bonchev–Trinajstić information content (AvgIpc) is 3.40. The van der Waals surface area contributed by atoms with E-state index < -0.39 is 17.7 Å². The predicted molar refractivity (Wildman–Crippen MR) is 125 cm³/mol. The average molecular weight is 435 g/mol. The molecule has 4 rings (SSSR count). The highest BCUT2D eigenvalue weighted by molar-refractivity contribution is 6.46. The number of amides is 1. The van der Waals surface area contributed by atoms with Gasteiger partial charge in [-0.05, 0) is 49.6 Å². The van der Waals surface area contributed by atoms with Gasteiger partial charge in [-0.25, -0.2) is 0 Å². The summed E-state index contributed by atoms with van der Waals surface area (Å²) in [6, 6.07) is 12.6. The minimum Gasteiger partial charge on any atom is -0.507 e. The molecule has 0 aromatic heterocycles. The Morgan fingerprint density at radius 3 is 2.31 bits per heavy atom. The molecule has 1 saturated heterocycles. The van der Waals surface area contributed by atoms with Crippen molar-refractivity contribution in [1.29, 1.82) is 0 Å². The van der Waals surface area contributed by atoms with E-state index >= 15 is 0 Å². The first-order valence-corrected chi connectivity index (χ1v) is 11.1. The standard InChI is InChI=1S/C26H30N2O4/c1-16-9-14-21(32-4)20(15-16)24(29)22-23(17-10-12-18(13-11-17)27(2)3)28(26(31)25(22)30)19-7-5-6-8-19/h9-15,19,23,29H,5-8H2,1-4H3/b24-22+. The molecular formula is C26H30N2O4. The lowest BCUT2D eigenvalue weighted by molar-refractivity contribution is -0.141. The highest BCUT2D eigenvalue weighted by Gasteiger charge is 2.49. The number of aryl methyl sites for hydroxylation is 1. The zero-order valence-corrected chi connectivity index (χ0v) is 19.1. The molecule has 1 aliphatic heterocycles. The third-order valence-electron chi connectivity index (χ3n) is 6.53. The predicted octanol–water partition coefficient (Wildman–Crippen LogP) is 4.43. The third-order valence-corrected chi connectivity index (χ3v) is 6.53. The number of ketones is 1. The van der Waals surface area contributed by atoms with E-state index in [9.17, 15) is 14.7 Å². The lowest BCUT2D eigenvalue weighted by atomic mass is 9.93. The van der Waals surface area contributed by atoms with Gasteiger partial charge in [0.2, 0.25) is 0 Å². The maximum atomic E-state index is 13.3. The number of rotatable bonds is 5. The normalized spacial score (nSPS) is 20.8. The van der Waals surface area contributed by atoms with Gasteiger partial charge in [-0.15, -0.1) is 0 Å². The number of aliphatic hydroxyl groups excluding tert-OH is 1. The Kier molecular flexibility index (Phi) is 5.96. The van der Waals surface area contributed by atoms with Crippen LogP contribution >= 0.6 is 0 Å². The summed E-state index contributed by atoms with van der Waals surface area (Å²) in [6.45, 7) is 1.91. The number of hydrogen-bond donors (Lipinski definition) is 1. The van der Waals surface area contributed by atoms with Crippen LogP contribution in [0.15, 0.2) is 48.0 Å². The molecule has 1 saturated carbocycles. The van der Waals surface area contributed by atoms with Gasteiger partial charge in [0.05, 0.1) is 24.3 Å². The molecule has 32 heavy (non-hydrogen) atoms. The summed E-state index contributed by atoms with van der Waals surface area (Å²) in [7, 11) is 5.45. The number of nitrogens with zero attached hydrogens (tertiary/aromatic N) is 2. The first-order chi connectivity index (χ1) is 15.3. The molecule has 6 nitrogen and oxygen atoms in total. The van der Waals surface area contributed by atoms with Crippen molar-refractivity contribution in [2.24, 2.45) is 0 Å². The Hall–Kier alpha value is -3.28. The van der Waals surface area contributed by atoms with Gasteiger partial charge in [-0.1, -0.05) is 36.6 Å². The highest BCUT2D eigenvalue weighted by atomic mass is 16.5. The summed E-state index contributed by atoms with van der Waals surface area (Å²) < 4.78 is 5.44. The molecule has 1 amide bonds. The van der Waals surface area contributed by atoms with Crippen molar-refractivity contribution in [3.63, 3.8) is 0 Å². The van der Waals surface area contributed by atoms with Crippen molar-refractivity contribution >= 4 is 23.1 Å². The topological polar surface area (TPSA) is 70.1 Å². The van der Waals surface area contributed by atoms with Gasteiger partial charge in [0.25, 0.3) is 11.7 Å². The fourth-order valence-corrected chi connectivity index (χ4v) is 4.84. The van der Waals surface area contributed by atoms with Crippen LogP contribution in [0.4, 0.5) is 5.69 Å². The van der Waals surface area contributed by atoms with Gasteiger partial charge in [-0.3, -0.25) is 9.59 Å². The van der Waals surface area contributed by atoms with Crippen LogP contribution < -0.4 is 9.64 Å². The Labute approximate surface area is 189 Å². The summed E-state index contributed by atoms with van der Waals surface area (Å²) in [6.07, 6.45) is 3.80. The van der Waals surface area contributed by atoms with Crippen molar-refractivity contribution in [1.82, 2.24) is 4.90 Å². The number of anilines is 1. The first-order valence-electron chi connectivity index (χ1n) is 11.1. The number of carbonyl (C=O) groups excluding carboxylic acids is 2. The maximum Gasteiger partial charge on any atom is 0.295 e. The van der Waals surface area contributed by atoms with Crippen LogP contribution in [0.5, 0.6) is 5.75 Å². The van der Waals surface area contributed by atoms with E-state index in [1.807, 2.05) is 56.3 Å². The lowest BCUT2D eigenvalue weighted by Crippen LogP contribution is -2.37. The van der Waals surface area contributed by atoms with Crippen molar-refractivity contribution in [3.05, 3.63) is 64.7 Å². The number of methoxy groups -OCH3 is 1. The number of ether oxygens (including phenoxy) is 1. The van der Waals surface area contributed by atoms with Crippen molar-refractivity contribution < 1.29 is 19.4 Å². The molecule has 1 unspecified atom stereocenters. The summed E-state index contributed by atoms with van der Waals surface area (Å²) in [5, 5.41) is 11.4. The second kappa shape index (κ2) is 8.69. The third kappa shape index (κ3) is 3.74. The number of aliphatic hydroxyl groups is 1. The molecule has 168 valence electrons. The molecule has 1 N–H and O–H groups in total. The van der Waals surface area contributed by atoms with Gasteiger partial charge < -0.3 is 19.6 Å². The molecule has 0 spiro atoms. The molecule has 0 radical (unpaired) electrons. The summed E-state index contributed by atoms with van der Waals surface area (Å²) in [5.74, 6) is -0.903. The largest absolute Gasteiger partial charge is 0.507 e. The SMILES string of the molecule is COc1ccc(C)cc1/C(O)=C1\C(=O)C(=O)N(C2CCCC2)C1c1ccc(N(C)C)cc1. The second-order valence-electron chi connectivity index (χ2n) is 8.83. The van der Waals surface area contributed by atoms with Gasteiger partial charge in [0.15, 0.2) is 0 Å². The number of hydrogen-bond acceptors (Lipinski definition) is 5. The zero-order chi connectivity index (χ0) is 23.0. The van der Waals surface area contributed by atoms with E-state index in [0.717, 1.165) is 42.5 Å². The van der Waals surface area contributed by atoms with Gasteiger partial charge in [0, 0.05) is 25.8 Å². The Bertz CT molecular complexity index is 1070. The van der Waals surface area contributed by atoms with Crippen LogP contribution in [0.1, 0.15) is 48.4 Å². The summed E-state index contributed by atoms with van der Waals surface area (Å²) in [4.78, 5) is 30.2. The van der Waals surface area contributed by atoms with Gasteiger partial charge in [0.1, 0.15) is 11.5 Å². The summed E-state index contributed by atoms with van der Waals surface area (Å²) in [5.41, 5.74) is 3.31. The Morgan fingerprint density at radius 1 is 1.06 bits per heavy atom. The maximum absolute atomic E-state index is 13.3. The molecular weight excluding hydrogens is 404 g/mol. The fourth-order valence-electron chi connectivity index (χ4n) is 4.84. The molecule has 2 aliphatic rings. The quantitative estimate of drug-likeness (QED) is 0.428. The molecule has 1 atom stereocenters. The molecule has 2 aromatic rings. The van der Waals surface area contributed by atoms with Crippen LogP contribution in [0.25, 0.3) is 5.76 Å². The second-order valence-corrected chi connectivity index (χ2v) is 8.83. The van der Waals surface area contributed by atoms with E-state index in [2.05, 4.69) is 0 Å². The van der Waals surface area contributed by atoms with E-state index in [-0.39, 0.29) is 17.4 Å². The van der Waals surface area contributed by atoms with Gasteiger partial charge >= 0.3 is 0 Å². The number of likely N-dealkylation sites (tertiary alicyclic amines) is 1. The van der Waals surface area contributed by atoms with Gasteiger partial charge in [-0.2, -0.15) is 0 Å². The van der Waals surface area contributed by atoms with Crippen LogP contribution in [0.3, 0.4) is 0 Å². The van der Waals surface area contributed by atoms with Crippen LogP contribution in [-0.4, -0.2) is 48.9 Å². The van der Waals surface area contributed by atoms with Crippen LogP contribution in [0.2, 0.25) is 0 Å². The minimum atomic E-state index is -0.639. The number of carbonyl (C=O) groups is 2. The molecule has 1 aliphatic carbocycles. The molecule has 6 heteroatoms. The molecule has 2 aromatic carbocycles. The fraction of sp³-hybridized carbons (Fsp3) is 0.385. The monoisotopic (exact) mass is 434 g/mol. The molecule has 2 fully saturated rings. The smallest absolute Gasteiger partial charge is 0.295 e. The lowest BCUT2D eigenvalue weighted by Gasteiger charge is -2.31. The van der Waals surface area contributed by atoms with Crippen LogP contribution in [0, 0.1) is 6.92 Å². The molecule has 1 heterocycles.